The molecule has 1 fully saturated rings. The number of nitrogens with one attached hydrogen (secondary N) is 2. The summed E-state index contributed by atoms with van der Waals surface area (Å²) >= 11 is 0. The quantitative estimate of drug-likeness (QED) is 0.231. The highest BCUT2D eigenvalue weighted by molar-refractivity contribution is 5.86. The third-order valence-corrected chi connectivity index (χ3v) is 6.77. The SMILES string of the molecule is CC(C)(C)OC(=O)Nc1cccc(-n2c(=O)c(Oc3ccccc3)cc3cnc(Nc4ccc(N5CCOCC5)nc4)nc32)c1. The summed E-state index contributed by atoms with van der Waals surface area (Å²) in [5.41, 5.74) is 0.810. The largest absolute Gasteiger partial charge is 0.452 e. The number of rotatable bonds is 7. The van der Waals surface area contributed by atoms with Crippen LogP contribution in [-0.2, 0) is 9.47 Å². The van der Waals surface area contributed by atoms with E-state index in [1.165, 1.54) is 4.57 Å². The van der Waals surface area contributed by atoms with E-state index in [1.54, 1.807) is 75.6 Å². The summed E-state index contributed by atoms with van der Waals surface area (Å²) in [5.74, 6) is 1.73. The van der Waals surface area contributed by atoms with E-state index in [-0.39, 0.29) is 11.7 Å². The summed E-state index contributed by atoms with van der Waals surface area (Å²) in [6, 6.07) is 21.3. The van der Waals surface area contributed by atoms with Crippen molar-refractivity contribution < 1.29 is 19.0 Å². The van der Waals surface area contributed by atoms with Crippen LogP contribution in [0.15, 0.2) is 90.0 Å². The fourth-order valence-electron chi connectivity index (χ4n) is 4.77. The van der Waals surface area contributed by atoms with Gasteiger partial charge in [0.2, 0.25) is 5.95 Å². The Morgan fingerprint density at radius 1 is 0.911 bits per heavy atom. The van der Waals surface area contributed by atoms with E-state index < -0.39 is 17.3 Å². The van der Waals surface area contributed by atoms with Crippen LogP contribution in [0.5, 0.6) is 11.5 Å². The fraction of sp³-hybridized carbons (Fsp3) is 0.242. The number of ether oxygens (including phenoxy) is 3. The molecule has 6 rings (SSSR count). The maximum atomic E-state index is 14.0. The number of nitrogens with zero attached hydrogens (tertiary/aromatic N) is 5. The Morgan fingerprint density at radius 3 is 2.44 bits per heavy atom. The molecular formula is C33H33N7O5. The van der Waals surface area contributed by atoms with E-state index in [9.17, 15) is 9.59 Å². The fourth-order valence-corrected chi connectivity index (χ4v) is 4.77. The number of carbonyl (C=O) groups is 1. The van der Waals surface area contributed by atoms with Crippen molar-refractivity contribution in [3.63, 3.8) is 0 Å². The van der Waals surface area contributed by atoms with Crippen LogP contribution in [0.1, 0.15) is 20.8 Å². The van der Waals surface area contributed by atoms with E-state index >= 15 is 0 Å². The minimum absolute atomic E-state index is 0.0893. The Bertz CT molecular complexity index is 1870. The first-order valence-corrected chi connectivity index (χ1v) is 14.5. The Morgan fingerprint density at radius 2 is 1.71 bits per heavy atom. The number of pyridine rings is 2. The average Bonchev–Trinajstić information content (AvgIpc) is 3.02. The van der Waals surface area contributed by atoms with Gasteiger partial charge in [-0.1, -0.05) is 24.3 Å². The number of morpholine rings is 1. The summed E-state index contributed by atoms with van der Waals surface area (Å²) in [6.45, 7) is 8.27. The van der Waals surface area contributed by atoms with Gasteiger partial charge < -0.3 is 24.4 Å². The topological polar surface area (TPSA) is 133 Å². The Hall–Kier alpha value is -5.49. The molecule has 0 aliphatic carbocycles. The molecule has 1 aliphatic heterocycles. The Labute approximate surface area is 259 Å². The van der Waals surface area contributed by atoms with E-state index in [4.69, 9.17) is 19.2 Å². The molecule has 12 nitrogen and oxygen atoms in total. The van der Waals surface area contributed by atoms with Gasteiger partial charge in [-0.25, -0.2) is 14.8 Å². The molecular weight excluding hydrogens is 574 g/mol. The van der Waals surface area contributed by atoms with Crippen LogP contribution in [0, 0.1) is 0 Å². The lowest BCUT2D eigenvalue weighted by atomic mass is 10.2. The monoisotopic (exact) mass is 607 g/mol. The molecule has 0 atom stereocenters. The van der Waals surface area contributed by atoms with Crippen molar-refractivity contribution in [3.8, 4) is 17.2 Å². The highest BCUT2D eigenvalue weighted by atomic mass is 16.6. The first kappa shape index (κ1) is 29.6. The molecule has 0 saturated carbocycles. The number of para-hydroxylation sites is 1. The molecule has 1 amide bonds. The van der Waals surface area contributed by atoms with E-state index in [0.29, 0.717) is 47.1 Å². The van der Waals surface area contributed by atoms with Crippen LogP contribution >= 0.6 is 0 Å². The molecule has 2 N–H and O–H groups in total. The van der Waals surface area contributed by atoms with Crippen molar-refractivity contribution in [2.24, 2.45) is 0 Å². The number of aromatic nitrogens is 4. The van der Waals surface area contributed by atoms with Gasteiger partial charge in [-0.15, -0.1) is 0 Å². The van der Waals surface area contributed by atoms with Gasteiger partial charge in [0.15, 0.2) is 11.4 Å². The number of benzene rings is 2. The lowest BCUT2D eigenvalue weighted by molar-refractivity contribution is 0.0636. The second-order valence-corrected chi connectivity index (χ2v) is 11.3. The maximum absolute atomic E-state index is 14.0. The molecule has 4 heterocycles. The first-order valence-electron chi connectivity index (χ1n) is 14.5. The standard InChI is InChI=1S/C33H33N7O5/c1-33(2,3)45-32(42)37-23-8-7-9-25(19-23)40-29-22(18-27(30(40)41)44-26-10-5-4-6-11-26)20-35-31(38-29)36-24-12-13-28(34-21-24)39-14-16-43-17-15-39/h4-13,18-21H,14-17H2,1-3H3,(H,37,42)(H,35,36,38). The van der Waals surface area contributed by atoms with Crippen molar-refractivity contribution >= 4 is 40.3 Å². The second-order valence-electron chi connectivity index (χ2n) is 11.3. The lowest BCUT2D eigenvalue weighted by Crippen LogP contribution is -2.36. The number of hydrogen-bond acceptors (Lipinski definition) is 10. The number of carbonyl (C=O) groups excluding carboxylic acids is 1. The third kappa shape index (κ3) is 7.19. The van der Waals surface area contributed by atoms with Gasteiger partial charge >= 0.3 is 6.09 Å². The van der Waals surface area contributed by atoms with Crippen LogP contribution < -0.4 is 25.8 Å². The zero-order valence-electron chi connectivity index (χ0n) is 25.2. The number of amides is 1. The van der Waals surface area contributed by atoms with E-state index in [1.807, 2.05) is 30.3 Å². The predicted molar refractivity (Wildman–Crippen MR) is 172 cm³/mol. The summed E-state index contributed by atoms with van der Waals surface area (Å²) in [4.78, 5) is 42.4. The van der Waals surface area contributed by atoms with Gasteiger partial charge in [0.05, 0.1) is 30.8 Å². The molecule has 5 aromatic rings. The Balaban J connectivity index is 1.37. The van der Waals surface area contributed by atoms with Crippen molar-refractivity contribution in [2.75, 3.05) is 41.8 Å². The van der Waals surface area contributed by atoms with Crippen molar-refractivity contribution in [2.45, 2.75) is 26.4 Å². The van der Waals surface area contributed by atoms with Crippen LogP contribution in [0.4, 0.5) is 27.9 Å². The highest BCUT2D eigenvalue weighted by Gasteiger charge is 2.19. The van der Waals surface area contributed by atoms with Crippen molar-refractivity contribution in [1.29, 1.82) is 0 Å². The second kappa shape index (κ2) is 12.6. The highest BCUT2D eigenvalue weighted by Crippen LogP contribution is 2.26. The van der Waals surface area contributed by atoms with E-state index in [0.717, 1.165) is 18.9 Å². The summed E-state index contributed by atoms with van der Waals surface area (Å²) in [5, 5.41) is 6.49. The van der Waals surface area contributed by atoms with E-state index in [2.05, 4.69) is 25.5 Å². The molecule has 0 spiro atoms. The Kier molecular flexibility index (Phi) is 8.30. The smallest absolute Gasteiger partial charge is 0.412 e. The van der Waals surface area contributed by atoms with Gasteiger partial charge in [0, 0.05) is 30.4 Å². The van der Waals surface area contributed by atoms with Gasteiger partial charge in [0.1, 0.15) is 17.2 Å². The summed E-state index contributed by atoms with van der Waals surface area (Å²) in [6.07, 6.45) is 2.73. The molecule has 45 heavy (non-hydrogen) atoms. The normalized spacial score (nSPS) is 13.4. The molecule has 0 radical (unpaired) electrons. The summed E-state index contributed by atoms with van der Waals surface area (Å²) in [7, 11) is 0. The molecule has 1 saturated heterocycles. The first-order chi connectivity index (χ1) is 21.7. The predicted octanol–water partition coefficient (Wildman–Crippen LogP) is 5.90. The van der Waals surface area contributed by atoms with Crippen molar-refractivity contribution in [3.05, 3.63) is 95.5 Å². The molecule has 2 aromatic carbocycles. The van der Waals surface area contributed by atoms with Gasteiger partial charge in [0.25, 0.3) is 5.56 Å². The van der Waals surface area contributed by atoms with Crippen LogP contribution in [-0.4, -0.2) is 57.5 Å². The molecule has 3 aromatic heterocycles. The lowest BCUT2D eigenvalue weighted by Gasteiger charge is -2.27. The molecule has 12 heteroatoms. The van der Waals surface area contributed by atoms with Crippen molar-refractivity contribution in [1.82, 2.24) is 19.5 Å². The van der Waals surface area contributed by atoms with Crippen LogP contribution in [0.2, 0.25) is 0 Å². The van der Waals surface area contributed by atoms with Gasteiger partial charge in [-0.2, -0.15) is 4.98 Å². The summed E-state index contributed by atoms with van der Waals surface area (Å²) < 4.78 is 18.3. The maximum Gasteiger partial charge on any atom is 0.412 e. The minimum atomic E-state index is -0.670. The number of fused-ring (bicyclic) bond motifs is 1. The third-order valence-electron chi connectivity index (χ3n) is 6.77. The molecule has 230 valence electrons. The average molecular weight is 608 g/mol. The van der Waals surface area contributed by atoms with Gasteiger partial charge in [-0.3, -0.25) is 14.7 Å². The van der Waals surface area contributed by atoms with Gasteiger partial charge in [-0.05, 0) is 69.3 Å². The zero-order chi connectivity index (χ0) is 31.4. The van der Waals surface area contributed by atoms with Crippen LogP contribution in [0.25, 0.3) is 16.7 Å². The number of hydrogen-bond donors (Lipinski definition) is 2. The molecule has 1 aliphatic rings. The van der Waals surface area contributed by atoms with Crippen LogP contribution in [0.3, 0.4) is 0 Å². The molecule has 0 unspecified atom stereocenters. The zero-order valence-corrected chi connectivity index (χ0v) is 25.2. The number of anilines is 4. The molecule has 0 bridgehead atoms. The minimum Gasteiger partial charge on any atom is -0.452 e.